The molecular weight excluding hydrogens is 424 g/mol. The van der Waals surface area contributed by atoms with Gasteiger partial charge in [-0.2, -0.15) is 0 Å². The fraction of sp³-hybridized carbons (Fsp3) is 0.500. The second-order valence-corrected chi connectivity index (χ2v) is 9.90. The van der Waals surface area contributed by atoms with Gasteiger partial charge in [-0.3, -0.25) is 9.59 Å². The average Bonchev–Trinajstić information content (AvgIpc) is 3.51. The van der Waals surface area contributed by atoms with Crippen LogP contribution in [0.15, 0.2) is 60.7 Å². The zero-order valence-electron chi connectivity index (χ0n) is 20.4. The van der Waals surface area contributed by atoms with Gasteiger partial charge in [-0.05, 0) is 49.8 Å². The molecule has 0 aromatic heterocycles. The van der Waals surface area contributed by atoms with Crippen LogP contribution in [-0.2, 0) is 9.59 Å². The van der Waals surface area contributed by atoms with Crippen molar-refractivity contribution in [1.29, 1.82) is 0 Å². The number of nitrogens with one attached hydrogen (secondary N) is 1. The Kier molecular flexibility index (Phi) is 8.01. The van der Waals surface area contributed by atoms with Crippen molar-refractivity contribution in [1.82, 2.24) is 15.1 Å². The summed E-state index contributed by atoms with van der Waals surface area (Å²) in [6.07, 6.45) is 2.64. The summed E-state index contributed by atoms with van der Waals surface area (Å²) in [6, 6.07) is 20.2. The van der Waals surface area contributed by atoms with Crippen LogP contribution in [0.3, 0.4) is 0 Å². The van der Waals surface area contributed by atoms with Crippen LogP contribution in [0.25, 0.3) is 0 Å². The third kappa shape index (κ3) is 5.68. The van der Waals surface area contributed by atoms with Crippen molar-refractivity contribution >= 4 is 11.8 Å². The summed E-state index contributed by atoms with van der Waals surface area (Å²) in [7, 11) is 0. The van der Waals surface area contributed by atoms with E-state index in [0.717, 1.165) is 32.5 Å². The standard InChI is InChI=1S/C28H38N4O2/c1-3-26(30-27(33)20(2)29)28(34)32-18-24(22-12-8-5-9-13-22)16-25(32)19-31-15-14-23(17-31)21-10-6-4-7-11-21/h4-13,20,23-26H,3,14-19,29H2,1-2H3,(H,30,33). The van der Waals surface area contributed by atoms with E-state index in [2.05, 4.69) is 64.8 Å². The number of carbonyl (C=O) groups excluding carboxylic acids is 2. The van der Waals surface area contributed by atoms with Gasteiger partial charge in [-0.1, -0.05) is 67.6 Å². The maximum atomic E-state index is 13.6. The van der Waals surface area contributed by atoms with Gasteiger partial charge in [0, 0.05) is 31.6 Å². The van der Waals surface area contributed by atoms with Crippen molar-refractivity contribution in [3.63, 3.8) is 0 Å². The lowest BCUT2D eigenvalue weighted by atomic mass is 9.96. The van der Waals surface area contributed by atoms with Crippen LogP contribution in [0.5, 0.6) is 0 Å². The minimum Gasteiger partial charge on any atom is -0.343 e. The lowest BCUT2D eigenvalue weighted by molar-refractivity contribution is -0.137. The van der Waals surface area contributed by atoms with E-state index < -0.39 is 12.1 Å². The molecule has 2 saturated heterocycles. The van der Waals surface area contributed by atoms with E-state index in [4.69, 9.17) is 5.73 Å². The highest BCUT2D eigenvalue weighted by molar-refractivity contribution is 5.89. The molecule has 5 unspecified atom stereocenters. The number of hydrogen-bond acceptors (Lipinski definition) is 4. The van der Waals surface area contributed by atoms with Crippen molar-refractivity contribution in [2.75, 3.05) is 26.2 Å². The molecule has 0 radical (unpaired) electrons. The Balaban J connectivity index is 1.48. The van der Waals surface area contributed by atoms with Crippen molar-refractivity contribution in [2.45, 2.75) is 63.1 Å². The molecule has 2 aromatic rings. The lowest BCUT2D eigenvalue weighted by Crippen LogP contribution is -2.54. The first-order valence-corrected chi connectivity index (χ1v) is 12.6. The second-order valence-electron chi connectivity index (χ2n) is 9.90. The van der Waals surface area contributed by atoms with E-state index in [9.17, 15) is 9.59 Å². The number of amides is 2. The Labute approximate surface area is 203 Å². The summed E-state index contributed by atoms with van der Waals surface area (Å²) in [6.45, 7) is 7.22. The first kappa shape index (κ1) is 24.4. The van der Waals surface area contributed by atoms with E-state index in [1.807, 2.05) is 17.9 Å². The summed E-state index contributed by atoms with van der Waals surface area (Å²) in [4.78, 5) is 30.4. The molecule has 2 fully saturated rings. The van der Waals surface area contributed by atoms with E-state index in [0.29, 0.717) is 24.8 Å². The van der Waals surface area contributed by atoms with Crippen molar-refractivity contribution in [3.8, 4) is 0 Å². The summed E-state index contributed by atoms with van der Waals surface area (Å²) in [5.41, 5.74) is 8.42. The highest BCUT2D eigenvalue weighted by atomic mass is 16.2. The molecule has 6 heteroatoms. The fourth-order valence-corrected chi connectivity index (χ4v) is 5.46. The number of likely N-dealkylation sites (tertiary alicyclic amines) is 2. The molecule has 2 aromatic carbocycles. The number of nitrogens with two attached hydrogens (primary N) is 1. The summed E-state index contributed by atoms with van der Waals surface area (Å²) in [5.74, 6) is 0.592. The maximum Gasteiger partial charge on any atom is 0.245 e. The zero-order chi connectivity index (χ0) is 24.1. The molecule has 2 heterocycles. The van der Waals surface area contributed by atoms with Gasteiger partial charge < -0.3 is 20.9 Å². The quantitative estimate of drug-likeness (QED) is 0.632. The molecule has 0 saturated carbocycles. The highest BCUT2D eigenvalue weighted by Crippen LogP contribution is 2.34. The Morgan fingerprint density at radius 2 is 1.62 bits per heavy atom. The van der Waals surface area contributed by atoms with Gasteiger partial charge in [-0.25, -0.2) is 0 Å². The Hall–Kier alpha value is -2.70. The third-order valence-electron chi connectivity index (χ3n) is 7.42. The molecule has 0 aliphatic carbocycles. The normalized spacial score (nSPS) is 24.7. The first-order valence-electron chi connectivity index (χ1n) is 12.6. The van der Waals surface area contributed by atoms with Crippen molar-refractivity contribution in [3.05, 3.63) is 71.8 Å². The van der Waals surface area contributed by atoms with Crippen molar-refractivity contribution in [2.24, 2.45) is 5.73 Å². The first-order chi connectivity index (χ1) is 16.5. The van der Waals surface area contributed by atoms with E-state index in [-0.39, 0.29) is 17.9 Å². The number of benzene rings is 2. The van der Waals surface area contributed by atoms with Crippen LogP contribution in [0.1, 0.15) is 56.1 Å². The molecule has 5 atom stereocenters. The molecule has 6 nitrogen and oxygen atoms in total. The molecule has 2 aliphatic heterocycles. The van der Waals surface area contributed by atoms with Crippen LogP contribution in [0.4, 0.5) is 0 Å². The van der Waals surface area contributed by atoms with Crippen LogP contribution in [0, 0.1) is 0 Å². The molecule has 2 amide bonds. The Morgan fingerprint density at radius 1 is 1.00 bits per heavy atom. The molecule has 182 valence electrons. The van der Waals surface area contributed by atoms with Gasteiger partial charge in [0.25, 0.3) is 0 Å². The van der Waals surface area contributed by atoms with E-state index in [1.165, 1.54) is 11.1 Å². The topological polar surface area (TPSA) is 78.7 Å². The monoisotopic (exact) mass is 462 g/mol. The van der Waals surface area contributed by atoms with Gasteiger partial charge in [0.15, 0.2) is 0 Å². The lowest BCUT2D eigenvalue weighted by Gasteiger charge is -2.31. The third-order valence-corrected chi connectivity index (χ3v) is 7.42. The largest absolute Gasteiger partial charge is 0.343 e. The van der Waals surface area contributed by atoms with Crippen molar-refractivity contribution < 1.29 is 9.59 Å². The van der Waals surface area contributed by atoms with Crippen LogP contribution >= 0.6 is 0 Å². The second kappa shape index (κ2) is 11.2. The zero-order valence-corrected chi connectivity index (χ0v) is 20.4. The van der Waals surface area contributed by atoms with Gasteiger partial charge in [-0.15, -0.1) is 0 Å². The van der Waals surface area contributed by atoms with E-state index >= 15 is 0 Å². The van der Waals surface area contributed by atoms with Crippen LogP contribution in [-0.4, -0.2) is 65.9 Å². The summed E-state index contributed by atoms with van der Waals surface area (Å²) < 4.78 is 0. The van der Waals surface area contributed by atoms with Gasteiger partial charge in [0.2, 0.25) is 11.8 Å². The van der Waals surface area contributed by atoms with Gasteiger partial charge in [0.05, 0.1) is 6.04 Å². The molecule has 3 N–H and O–H groups in total. The predicted molar refractivity (Wildman–Crippen MR) is 135 cm³/mol. The maximum absolute atomic E-state index is 13.6. The smallest absolute Gasteiger partial charge is 0.245 e. The highest BCUT2D eigenvalue weighted by Gasteiger charge is 2.40. The van der Waals surface area contributed by atoms with Gasteiger partial charge in [0.1, 0.15) is 6.04 Å². The Morgan fingerprint density at radius 3 is 2.21 bits per heavy atom. The molecule has 34 heavy (non-hydrogen) atoms. The molecule has 0 spiro atoms. The predicted octanol–water partition coefficient (Wildman–Crippen LogP) is 3.10. The molecular formula is C28H38N4O2. The average molecular weight is 463 g/mol. The number of hydrogen-bond donors (Lipinski definition) is 2. The van der Waals surface area contributed by atoms with Crippen LogP contribution in [0.2, 0.25) is 0 Å². The molecule has 2 aliphatic rings. The molecule has 4 rings (SSSR count). The Bertz CT molecular complexity index is 949. The van der Waals surface area contributed by atoms with Gasteiger partial charge >= 0.3 is 0 Å². The van der Waals surface area contributed by atoms with Crippen LogP contribution < -0.4 is 11.1 Å². The minimum absolute atomic E-state index is 0.0127. The SMILES string of the molecule is CCC(NC(=O)C(C)N)C(=O)N1CC(c2ccccc2)CC1CN1CCC(c2ccccc2)C1. The molecule has 0 bridgehead atoms. The minimum atomic E-state index is -0.632. The fourth-order valence-electron chi connectivity index (χ4n) is 5.46. The number of carbonyl (C=O) groups is 2. The van der Waals surface area contributed by atoms with E-state index in [1.54, 1.807) is 6.92 Å². The number of nitrogens with zero attached hydrogens (tertiary/aromatic N) is 2. The summed E-state index contributed by atoms with van der Waals surface area (Å²) in [5, 5.41) is 2.87. The summed E-state index contributed by atoms with van der Waals surface area (Å²) >= 11 is 0. The number of rotatable bonds is 8.